The number of halogens is 1. The van der Waals surface area contributed by atoms with Crippen molar-refractivity contribution in [3.8, 4) is 5.69 Å². The molecule has 3 heterocycles. The van der Waals surface area contributed by atoms with Crippen LogP contribution in [0.4, 0.5) is 0 Å². The standard InChI is InChI=1S/C17H12ClN5OS/c18-11-4-3-6-13(8-11)23-15-14(9-20-23)16(24)22-17(21-15)25-10-12-5-1-2-7-19-12/h1-9H,10H2,(H,21,22,24). The van der Waals surface area contributed by atoms with Crippen molar-refractivity contribution in [3.05, 3.63) is 75.9 Å². The number of H-pyrrole nitrogens is 1. The van der Waals surface area contributed by atoms with Crippen molar-refractivity contribution in [2.24, 2.45) is 0 Å². The van der Waals surface area contributed by atoms with E-state index in [4.69, 9.17) is 11.6 Å². The van der Waals surface area contributed by atoms with Crippen LogP contribution in [0.2, 0.25) is 5.02 Å². The van der Waals surface area contributed by atoms with Gasteiger partial charge in [-0.25, -0.2) is 9.67 Å². The third-order valence-corrected chi connectivity index (χ3v) is 4.69. The molecule has 0 aliphatic heterocycles. The number of pyridine rings is 1. The first-order valence-corrected chi connectivity index (χ1v) is 8.84. The first-order valence-electron chi connectivity index (χ1n) is 7.47. The Balaban J connectivity index is 1.73. The molecule has 0 saturated heterocycles. The molecule has 25 heavy (non-hydrogen) atoms. The lowest BCUT2D eigenvalue weighted by Gasteiger charge is -2.05. The van der Waals surface area contributed by atoms with Gasteiger partial charge >= 0.3 is 0 Å². The minimum Gasteiger partial charge on any atom is -0.301 e. The minimum atomic E-state index is -0.221. The molecular weight excluding hydrogens is 358 g/mol. The maximum absolute atomic E-state index is 12.3. The maximum atomic E-state index is 12.3. The van der Waals surface area contributed by atoms with E-state index in [0.717, 1.165) is 11.4 Å². The number of aromatic nitrogens is 5. The van der Waals surface area contributed by atoms with Crippen molar-refractivity contribution in [2.45, 2.75) is 10.9 Å². The molecule has 4 aromatic rings. The zero-order chi connectivity index (χ0) is 17.2. The van der Waals surface area contributed by atoms with Gasteiger partial charge in [0.25, 0.3) is 5.56 Å². The smallest absolute Gasteiger partial charge is 0.262 e. The Hall–Kier alpha value is -2.64. The van der Waals surface area contributed by atoms with Gasteiger partial charge in [0.15, 0.2) is 10.8 Å². The Kier molecular flexibility index (Phi) is 4.25. The van der Waals surface area contributed by atoms with Gasteiger partial charge in [-0.2, -0.15) is 5.10 Å². The van der Waals surface area contributed by atoms with Gasteiger partial charge in [0, 0.05) is 17.0 Å². The Morgan fingerprint density at radius 2 is 2.12 bits per heavy atom. The molecule has 1 aromatic carbocycles. The minimum absolute atomic E-state index is 0.221. The lowest BCUT2D eigenvalue weighted by molar-refractivity contribution is 0.872. The largest absolute Gasteiger partial charge is 0.301 e. The van der Waals surface area contributed by atoms with Gasteiger partial charge in [-0.3, -0.25) is 9.78 Å². The van der Waals surface area contributed by atoms with E-state index in [-0.39, 0.29) is 5.56 Å². The van der Waals surface area contributed by atoms with Crippen LogP contribution in [0.3, 0.4) is 0 Å². The van der Waals surface area contributed by atoms with Crippen LogP contribution in [0.15, 0.2) is 64.8 Å². The molecule has 1 N–H and O–H groups in total. The van der Waals surface area contributed by atoms with Crippen LogP contribution in [-0.4, -0.2) is 24.7 Å². The predicted molar refractivity (Wildman–Crippen MR) is 98.3 cm³/mol. The molecule has 0 amide bonds. The van der Waals surface area contributed by atoms with E-state index in [1.54, 1.807) is 23.0 Å². The average Bonchev–Trinajstić information content (AvgIpc) is 3.05. The fourth-order valence-electron chi connectivity index (χ4n) is 2.39. The normalized spacial score (nSPS) is 11.1. The zero-order valence-electron chi connectivity index (χ0n) is 12.9. The molecule has 124 valence electrons. The molecule has 0 fully saturated rings. The van der Waals surface area contributed by atoms with Crippen LogP contribution >= 0.6 is 23.4 Å². The highest BCUT2D eigenvalue weighted by Crippen LogP contribution is 2.21. The van der Waals surface area contributed by atoms with Gasteiger partial charge in [0.2, 0.25) is 0 Å². The van der Waals surface area contributed by atoms with Gasteiger partial charge in [-0.1, -0.05) is 35.5 Å². The highest BCUT2D eigenvalue weighted by molar-refractivity contribution is 7.98. The first kappa shape index (κ1) is 15.9. The van der Waals surface area contributed by atoms with E-state index in [1.807, 2.05) is 30.3 Å². The first-order chi connectivity index (χ1) is 12.2. The number of hydrogen-bond acceptors (Lipinski definition) is 5. The van der Waals surface area contributed by atoms with E-state index >= 15 is 0 Å². The van der Waals surface area contributed by atoms with Crippen LogP contribution < -0.4 is 5.56 Å². The fraction of sp³-hybridized carbons (Fsp3) is 0.0588. The van der Waals surface area contributed by atoms with Gasteiger partial charge in [0.05, 0.1) is 17.6 Å². The van der Waals surface area contributed by atoms with Crippen LogP contribution in [0, 0.1) is 0 Å². The summed E-state index contributed by atoms with van der Waals surface area (Å²) in [4.78, 5) is 23.9. The topological polar surface area (TPSA) is 76.5 Å². The maximum Gasteiger partial charge on any atom is 0.262 e. The SMILES string of the molecule is O=c1[nH]c(SCc2ccccn2)nc2c1cnn2-c1cccc(Cl)c1. The molecule has 0 spiro atoms. The molecule has 0 unspecified atom stereocenters. The number of aromatic amines is 1. The van der Waals surface area contributed by atoms with Crippen molar-refractivity contribution < 1.29 is 0 Å². The van der Waals surface area contributed by atoms with E-state index in [1.165, 1.54) is 18.0 Å². The van der Waals surface area contributed by atoms with Crippen molar-refractivity contribution in [3.63, 3.8) is 0 Å². The van der Waals surface area contributed by atoms with Gasteiger partial charge in [-0.05, 0) is 30.3 Å². The Bertz CT molecular complexity index is 1090. The molecule has 0 aliphatic carbocycles. The third kappa shape index (κ3) is 3.29. The lowest BCUT2D eigenvalue weighted by Crippen LogP contribution is -2.09. The second-order valence-electron chi connectivity index (χ2n) is 5.25. The summed E-state index contributed by atoms with van der Waals surface area (Å²) in [6, 6.07) is 13.0. The summed E-state index contributed by atoms with van der Waals surface area (Å²) in [5.41, 5.74) is 1.94. The number of nitrogens with one attached hydrogen (secondary N) is 1. The average molecular weight is 370 g/mol. The van der Waals surface area contributed by atoms with Gasteiger partial charge in [-0.15, -0.1) is 0 Å². The molecule has 6 nitrogen and oxygen atoms in total. The molecule has 0 aliphatic rings. The van der Waals surface area contributed by atoms with Gasteiger partial charge < -0.3 is 4.98 Å². The second kappa shape index (κ2) is 6.70. The predicted octanol–water partition coefficient (Wildman–Crippen LogP) is 3.45. The molecule has 3 aromatic heterocycles. The molecule has 4 rings (SSSR count). The van der Waals surface area contributed by atoms with Crippen molar-refractivity contribution in [1.82, 2.24) is 24.7 Å². The number of fused-ring (bicyclic) bond motifs is 1. The summed E-state index contributed by atoms with van der Waals surface area (Å²) >= 11 is 7.47. The zero-order valence-corrected chi connectivity index (χ0v) is 14.5. The number of benzene rings is 1. The molecule has 0 radical (unpaired) electrons. The van der Waals surface area contributed by atoms with E-state index in [0.29, 0.717) is 27.0 Å². The third-order valence-electron chi connectivity index (χ3n) is 3.55. The van der Waals surface area contributed by atoms with E-state index in [2.05, 4.69) is 20.1 Å². The molecule has 0 saturated carbocycles. The summed E-state index contributed by atoms with van der Waals surface area (Å²) in [7, 11) is 0. The molecule has 8 heteroatoms. The lowest BCUT2D eigenvalue weighted by atomic mass is 10.3. The Labute approximate surface area is 151 Å². The number of thioether (sulfide) groups is 1. The van der Waals surface area contributed by atoms with Crippen LogP contribution in [-0.2, 0) is 5.75 Å². The van der Waals surface area contributed by atoms with Crippen LogP contribution in [0.5, 0.6) is 0 Å². The monoisotopic (exact) mass is 369 g/mol. The molecule has 0 atom stereocenters. The van der Waals surface area contributed by atoms with Crippen molar-refractivity contribution >= 4 is 34.4 Å². The summed E-state index contributed by atoms with van der Waals surface area (Å²) in [6.45, 7) is 0. The van der Waals surface area contributed by atoms with E-state index < -0.39 is 0 Å². The summed E-state index contributed by atoms with van der Waals surface area (Å²) < 4.78 is 1.61. The fourth-order valence-corrected chi connectivity index (χ4v) is 3.35. The summed E-state index contributed by atoms with van der Waals surface area (Å²) in [5.74, 6) is 0.612. The van der Waals surface area contributed by atoms with Gasteiger partial charge in [0.1, 0.15) is 5.39 Å². The van der Waals surface area contributed by atoms with E-state index in [9.17, 15) is 4.79 Å². The molecule has 0 bridgehead atoms. The summed E-state index contributed by atoms with van der Waals surface area (Å²) in [6.07, 6.45) is 3.25. The van der Waals surface area contributed by atoms with Crippen LogP contribution in [0.1, 0.15) is 5.69 Å². The highest BCUT2D eigenvalue weighted by Gasteiger charge is 2.12. The summed E-state index contributed by atoms with van der Waals surface area (Å²) in [5, 5.41) is 5.83. The molecular formula is C17H12ClN5OS. The number of rotatable bonds is 4. The number of nitrogens with zero attached hydrogens (tertiary/aromatic N) is 4. The Morgan fingerprint density at radius 1 is 1.20 bits per heavy atom. The second-order valence-corrected chi connectivity index (χ2v) is 6.65. The van der Waals surface area contributed by atoms with Crippen molar-refractivity contribution in [1.29, 1.82) is 0 Å². The van der Waals surface area contributed by atoms with Crippen molar-refractivity contribution in [2.75, 3.05) is 0 Å². The number of hydrogen-bond donors (Lipinski definition) is 1. The Morgan fingerprint density at radius 3 is 2.92 bits per heavy atom. The highest BCUT2D eigenvalue weighted by atomic mass is 35.5. The quantitative estimate of drug-likeness (QED) is 0.440. The van der Waals surface area contributed by atoms with Crippen LogP contribution in [0.25, 0.3) is 16.7 Å².